The van der Waals surface area contributed by atoms with Crippen molar-refractivity contribution in [3.8, 4) is 0 Å². The Morgan fingerprint density at radius 3 is 2.56 bits per heavy atom. The summed E-state index contributed by atoms with van der Waals surface area (Å²) in [6, 6.07) is -0.272. The zero-order chi connectivity index (χ0) is 13.0. The molecule has 0 aromatic rings. The predicted molar refractivity (Wildman–Crippen MR) is 69.3 cm³/mol. The fourth-order valence-corrected chi connectivity index (χ4v) is 2.80. The zero-order valence-corrected chi connectivity index (χ0v) is 10.8. The van der Waals surface area contributed by atoms with Gasteiger partial charge in [0.15, 0.2) is 5.84 Å². The molecule has 1 unspecified atom stereocenters. The fourth-order valence-electron chi connectivity index (χ4n) is 2.80. The van der Waals surface area contributed by atoms with E-state index < -0.39 is 0 Å². The first kappa shape index (κ1) is 13.2. The summed E-state index contributed by atoms with van der Waals surface area (Å²) in [6.45, 7) is 0. The van der Waals surface area contributed by atoms with Crippen molar-refractivity contribution in [3.63, 3.8) is 0 Å². The number of oxime groups is 1. The molecule has 0 saturated heterocycles. The minimum absolute atomic E-state index is 0.0328. The van der Waals surface area contributed by atoms with E-state index >= 15 is 0 Å². The maximum Gasteiger partial charge on any atom is 0.220 e. The van der Waals surface area contributed by atoms with Crippen LogP contribution in [0.3, 0.4) is 0 Å². The van der Waals surface area contributed by atoms with Crippen LogP contribution in [-0.4, -0.2) is 23.0 Å². The Bertz CT molecular complexity index is 320. The van der Waals surface area contributed by atoms with Crippen LogP contribution in [0.15, 0.2) is 5.16 Å². The van der Waals surface area contributed by atoms with Gasteiger partial charge in [-0.3, -0.25) is 4.79 Å². The monoisotopic (exact) mass is 253 g/mol. The van der Waals surface area contributed by atoms with E-state index in [9.17, 15) is 4.79 Å². The van der Waals surface area contributed by atoms with Crippen LogP contribution >= 0.6 is 0 Å². The molecular weight excluding hydrogens is 230 g/mol. The van der Waals surface area contributed by atoms with E-state index in [-0.39, 0.29) is 17.8 Å². The van der Waals surface area contributed by atoms with Crippen molar-refractivity contribution < 1.29 is 10.0 Å². The average molecular weight is 253 g/mol. The second kappa shape index (κ2) is 6.07. The van der Waals surface area contributed by atoms with Crippen LogP contribution in [0, 0.1) is 11.8 Å². The van der Waals surface area contributed by atoms with Gasteiger partial charge < -0.3 is 16.3 Å². The van der Waals surface area contributed by atoms with Crippen molar-refractivity contribution >= 4 is 11.7 Å². The van der Waals surface area contributed by atoms with Crippen LogP contribution in [0.25, 0.3) is 0 Å². The Labute approximate surface area is 108 Å². The van der Waals surface area contributed by atoms with Crippen molar-refractivity contribution in [2.24, 2.45) is 22.7 Å². The van der Waals surface area contributed by atoms with Gasteiger partial charge in [0, 0.05) is 6.42 Å². The summed E-state index contributed by atoms with van der Waals surface area (Å²) in [5.74, 6) is 1.24. The lowest BCUT2D eigenvalue weighted by molar-refractivity contribution is -0.121. The zero-order valence-electron chi connectivity index (χ0n) is 10.8. The van der Waals surface area contributed by atoms with Gasteiger partial charge in [-0.15, -0.1) is 0 Å². The number of nitrogens with zero attached hydrogens (tertiary/aromatic N) is 1. The van der Waals surface area contributed by atoms with Gasteiger partial charge in [0.05, 0.1) is 6.04 Å². The average Bonchev–Trinajstić information content (AvgIpc) is 3.08. The highest BCUT2D eigenvalue weighted by molar-refractivity contribution is 5.90. The van der Waals surface area contributed by atoms with Gasteiger partial charge in [0.25, 0.3) is 0 Å². The standard InChI is InChI=1S/C13H23N3O2/c14-13(16-18)12(10-6-7-10)15-11(17)8-5-9-3-1-2-4-9/h9-10,12,18H,1-8H2,(H2,14,16)(H,15,17). The molecule has 2 aliphatic rings. The maximum atomic E-state index is 11.9. The maximum absolute atomic E-state index is 11.9. The van der Waals surface area contributed by atoms with E-state index in [0.29, 0.717) is 12.3 Å². The second-order valence-electron chi connectivity index (χ2n) is 5.60. The molecule has 5 nitrogen and oxygen atoms in total. The van der Waals surface area contributed by atoms with Gasteiger partial charge in [-0.1, -0.05) is 30.8 Å². The highest BCUT2D eigenvalue weighted by Gasteiger charge is 2.35. The number of carbonyl (C=O) groups is 1. The number of rotatable bonds is 6. The highest BCUT2D eigenvalue weighted by atomic mass is 16.4. The molecule has 0 bridgehead atoms. The number of nitrogens with one attached hydrogen (secondary N) is 1. The molecule has 2 saturated carbocycles. The Hall–Kier alpha value is -1.26. The molecular formula is C13H23N3O2. The van der Waals surface area contributed by atoms with Gasteiger partial charge in [0.2, 0.25) is 5.91 Å². The number of hydrogen-bond donors (Lipinski definition) is 3. The summed E-state index contributed by atoms with van der Waals surface area (Å²) in [6.07, 6.45) is 8.76. The quantitative estimate of drug-likeness (QED) is 0.291. The molecule has 2 rings (SSSR count). The minimum atomic E-state index is -0.272. The normalized spacial score (nSPS) is 23.0. The Morgan fingerprint density at radius 1 is 1.33 bits per heavy atom. The lowest BCUT2D eigenvalue weighted by Gasteiger charge is -2.17. The van der Waals surface area contributed by atoms with Crippen molar-refractivity contribution in [1.29, 1.82) is 0 Å². The fraction of sp³-hybridized carbons (Fsp3) is 0.846. The van der Waals surface area contributed by atoms with Gasteiger partial charge in [-0.25, -0.2) is 0 Å². The van der Waals surface area contributed by atoms with Crippen LogP contribution in [0.1, 0.15) is 51.4 Å². The lowest BCUT2D eigenvalue weighted by atomic mass is 10.0. The summed E-state index contributed by atoms with van der Waals surface area (Å²) >= 11 is 0. The Morgan fingerprint density at radius 2 is 2.00 bits per heavy atom. The topological polar surface area (TPSA) is 87.7 Å². The predicted octanol–water partition coefficient (Wildman–Crippen LogP) is 1.60. The summed E-state index contributed by atoms with van der Waals surface area (Å²) in [5.41, 5.74) is 5.61. The first-order valence-electron chi connectivity index (χ1n) is 6.97. The largest absolute Gasteiger partial charge is 0.409 e. The van der Waals surface area contributed by atoms with Gasteiger partial charge >= 0.3 is 0 Å². The third kappa shape index (κ3) is 3.62. The molecule has 5 heteroatoms. The number of carbonyl (C=O) groups excluding carboxylic acids is 1. The molecule has 4 N–H and O–H groups in total. The molecule has 18 heavy (non-hydrogen) atoms. The molecule has 0 aromatic carbocycles. The molecule has 102 valence electrons. The van der Waals surface area contributed by atoms with Gasteiger partial charge in [-0.2, -0.15) is 0 Å². The molecule has 0 aliphatic heterocycles. The Balaban J connectivity index is 1.74. The number of amides is 1. The van der Waals surface area contributed by atoms with E-state index in [1.54, 1.807) is 0 Å². The van der Waals surface area contributed by atoms with Crippen LogP contribution in [0.2, 0.25) is 0 Å². The molecule has 0 aromatic heterocycles. The Kier molecular flexibility index (Phi) is 4.44. The third-order valence-electron chi connectivity index (χ3n) is 4.10. The van der Waals surface area contributed by atoms with E-state index in [1.807, 2.05) is 0 Å². The number of hydrogen-bond acceptors (Lipinski definition) is 3. The van der Waals surface area contributed by atoms with E-state index in [4.69, 9.17) is 10.9 Å². The number of amidine groups is 1. The summed E-state index contributed by atoms with van der Waals surface area (Å²) in [4.78, 5) is 11.9. The van der Waals surface area contributed by atoms with E-state index in [2.05, 4.69) is 10.5 Å². The van der Waals surface area contributed by atoms with Crippen LogP contribution < -0.4 is 11.1 Å². The molecule has 1 amide bonds. The SMILES string of the molecule is NC(=NO)C(NC(=O)CCC1CCCC1)C1CC1. The van der Waals surface area contributed by atoms with Gasteiger partial charge in [-0.05, 0) is 31.1 Å². The van der Waals surface area contributed by atoms with E-state index in [0.717, 1.165) is 25.2 Å². The smallest absolute Gasteiger partial charge is 0.220 e. The lowest BCUT2D eigenvalue weighted by Crippen LogP contribution is -2.46. The molecule has 1 atom stereocenters. The van der Waals surface area contributed by atoms with Crippen LogP contribution in [0.4, 0.5) is 0 Å². The summed E-state index contributed by atoms with van der Waals surface area (Å²) < 4.78 is 0. The second-order valence-corrected chi connectivity index (χ2v) is 5.60. The first-order chi connectivity index (χ1) is 8.70. The molecule has 0 heterocycles. The number of nitrogens with two attached hydrogens (primary N) is 1. The summed E-state index contributed by atoms with van der Waals surface area (Å²) in [7, 11) is 0. The van der Waals surface area contributed by atoms with Gasteiger partial charge in [0.1, 0.15) is 0 Å². The van der Waals surface area contributed by atoms with Crippen molar-refractivity contribution in [2.45, 2.75) is 57.4 Å². The van der Waals surface area contributed by atoms with Crippen LogP contribution in [-0.2, 0) is 4.79 Å². The third-order valence-corrected chi connectivity index (χ3v) is 4.10. The van der Waals surface area contributed by atoms with E-state index in [1.165, 1.54) is 25.7 Å². The minimum Gasteiger partial charge on any atom is -0.409 e. The first-order valence-corrected chi connectivity index (χ1v) is 6.97. The highest BCUT2D eigenvalue weighted by Crippen LogP contribution is 2.33. The van der Waals surface area contributed by atoms with Crippen LogP contribution in [0.5, 0.6) is 0 Å². The molecule has 2 aliphatic carbocycles. The molecule has 0 spiro atoms. The van der Waals surface area contributed by atoms with Crippen molar-refractivity contribution in [3.05, 3.63) is 0 Å². The summed E-state index contributed by atoms with van der Waals surface area (Å²) in [5, 5.41) is 14.6. The molecule has 0 radical (unpaired) electrons. The van der Waals surface area contributed by atoms with Crippen molar-refractivity contribution in [2.75, 3.05) is 0 Å². The van der Waals surface area contributed by atoms with Crippen molar-refractivity contribution in [1.82, 2.24) is 5.32 Å². The molecule has 2 fully saturated rings.